The highest BCUT2D eigenvalue weighted by molar-refractivity contribution is 5.94. The third kappa shape index (κ3) is 3.54. The molecule has 1 aliphatic heterocycles. The number of likely N-dealkylation sites (tertiary alicyclic amines) is 1. The number of anilines is 1. The van der Waals surface area contributed by atoms with Crippen molar-refractivity contribution in [1.29, 1.82) is 0 Å². The second kappa shape index (κ2) is 6.31. The van der Waals surface area contributed by atoms with Gasteiger partial charge in [0, 0.05) is 19.5 Å². The maximum absolute atomic E-state index is 14.1. The van der Waals surface area contributed by atoms with Crippen LogP contribution in [0.4, 0.5) is 10.1 Å². The van der Waals surface area contributed by atoms with Crippen molar-refractivity contribution in [3.8, 4) is 5.75 Å². The molecule has 0 aromatic heterocycles. The van der Waals surface area contributed by atoms with Crippen LogP contribution in [0.15, 0.2) is 18.2 Å². The van der Waals surface area contributed by atoms with Crippen molar-refractivity contribution < 1.29 is 18.7 Å². The SMILES string of the molecule is COc1ccc(C)cc1NC(=O)CN1CCC(F)(C(N)=O)C1. The van der Waals surface area contributed by atoms with Gasteiger partial charge in [-0.2, -0.15) is 0 Å². The summed E-state index contributed by atoms with van der Waals surface area (Å²) in [7, 11) is 1.52. The zero-order valence-corrected chi connectivity index (χ0v) is 12.7. The van der Waals surface area contributed by atoms with Crippen LogP contribution in [-0.4, -0.2) is 49.1 Å². The van der Waals surface area contributed by atoms with Gasteiger partial charge in [-0.05, 0) is 24.6 Å². The summed E-state index contributed by atoms with van der Waals surface area (Å²) in [6.45, 7) is 2.06. The molecule has 1 heterocycles. The Labute approximate surface area is 128 Å². The van der Waals surface area contributed by atoms with E-state index in [0.29, 0.717) is 18.0 Å². The number of hydrogen-bond donors (Lipinski definition) is 2. The van der Waals surface area contributed by atoms with E-state index in [4.69, 9.17) is 10.5 Å². The monoisotopic (exact) mass is 309 g/mol. The topological polar surface area (TPSA) is 84.7 Å². The maximum atomic E-state index is 14.1. The van der Waals surface area contributed by atoms with E-state index >= 15 is 0 Å². The fourth-order valence-electron chi connectivity index (χ4n) is 2.50. The lowest BCUT2D eigenvalue weighted by Gasteiger charge is -2.18. The normalized spacial score (nSPS) is 21.6. The largest absolute Gasteiger partial charge is 0.495 e. The van der Waals surface area contributed by atoms with E-state index in [-0.39, 0.29) is 25.4 Å². The number of nitrogens with zero attached hydrogens (tertiary/aromatic N) is 1. The lowest BCUT2D eigenvalue weighted by Crippen LogP contribution is -2.43. The summed E-state index contributed by atoms with van der Waals surface area (Å²) in [5, 5.41) is 2.74. The van der Waals surface area contributed by atoms with Crippen LogP contribution in [0.1, 0.15) is 12.0 Å². The van der Waals surface area contributed by atoms with Gasteiger partial charge < -0.3 is 15.8 Å². The molecule has 0 spiro atoms. The van der Waals surface area contributed by atoms with Gasteiger partial charge in [0.2, 0.25) is 11.6 Å². The van der Waals surface area contributed by atoms with Crippen molar-refractivity contribution in [2.24, 2.45) is 5.73 Å². The zero-order chi connectivity index (χ0) is 16.3. The Morgan fingerprint density at radius 1 is 1.50 bits per heavy atom. The van der Waals surface area contributed by atoms with E-state index in [2.05, 4.69) is 5.32 Å². The van der Waals surface area contributed by atoms with E-state index in [9.17, 15) is 14.0 Å². The van der Waals surface area contributed by atoms with Crippen LogP contribution >= 0.6 is 0 Å². The number of methoxy groups -OCH3 is 1. The number of rotatable bonds is 5. The van der Waals surface area contributed by atoms with Crippen molar-refractivity contribution in [1.82, 2.24) is 4.90 Å². The van der Waals surface area contributed by atoms with Gasteiger partial charge in [-0.1, -0.05) is 6.07 Å². The molecule has 0 bridgehead atoms. The summed E-state index contributed by atoms with van der Waals surface area (Å²) in [5.74, 6) is -0.717. The molecule has 3 N–H and O–H groups in total. The summed E-state index contributed by atoms with van der Waals surface area (Å²) in [4.78, 5) is 24.7. The molecule has 1 aliphatic rings. The van der Waals surface area contributed by atoms with Gasteiger partial charge in [-0.3, -0.25) is 14.5 Å². The van der Waals surface area contributed by atoms with Crippen molar-refractivity contribution in [2.45, 2.75) is 19.0 Å². The molecule has 1 fully saturated rings. The number of alkyl halides is 1. The number of benzene rings is 1. The number of amides is 2. The molecule has 0 saturated carbocycles. The highest BCUT2D eigenvalue weighted by atomic mass is 19.1. The lowest BCUT2D eigenvalue weighted by molar-refractivity contribution is -0.129. The lowest BCUT2D eigenvalue weighted by atomic mass is 10.1. The second-order valence-corrected chi connectivity index (χ2v) is 5.54. The summed E-state index contributed by atoms with van der Waals surface area (Å²) in [5.41, 5.74) is 4.55. The summed E-state index contributed by atoms with van der Waals surface area (Å²) in [6.07, 6.45) is 0.0172. The van der Waals surface area contributed by atoms with Crippen LogP contribution in [0.5, 0.6) is 5.75 Å². The predicted octanol–water partition coefficient (Wildman–Crippen LogP) is 0.841. The van der Waals surface area contributed by atoms with E-state index in [1.54, 1.807) is 17.0 Å². The number of ether oxygens (including phenoxy) is 1. The minimum atomic E-state index is -2.04. The molecule has 6 nitrogen and oxygen atoms in total. The molecule has 0 aliphatic carbocycles. The first-order chi connectivity index (χ1) is 10.3. The first-order valence-corrected chi connectivity index (χ1v) is 7.00. The quantitative estimate of drug-likeness (QED) is 0.844. The molecule has 7 heteroatoms. The Bertz CT molecular complexity index is 593. The van der Waals surface area contributed by atoms with Crippen LogP contribution in [0.3, 0.4) is 0 Å². The fourth-order valence-corrected chi connectivity index (χ4v) is 2.50. The minimum absolute atomic E-state index is 0.00392. The highest BCUT2D eigenvalue weighted by Crippen LogP contribution is 2.27. The van der Waals surface area contributed by atoms with E-state index in [1.807, 2.05) is 13.0 Å². The third-order valence-electron chi connectivity index (χ3n) is 3.74. The van der Waals surface area contributed by atoms with Gasteiger partial charge in [0.05, 0.1) is 19.3 Å². The molecule has 120 valence electrons. The molecule has 22 heavy (non-hydrogen) atoms. The summed E-state index contributed by atoms with van der Waals surface area (Å²) >= 11 is 0. The van der Waals surface area contributed by atoms with Gasteiger partial charge in [0.25, 0.3) is 5.91 Å². The Balaban J connectivity index is 1.97. The van der Waals surface area contributed by atoms with Gasteiger partial charge >= 0.3 is 0 Å². The second-order valence-electron chi connectivity index (χ2n) is 5.54. The van der Waals surface area contributed by atoms with Crippen LogP contribution < -0.4 is 15.8 Å². The smallest absolute Gasteiger partial charge is 0.256 e. The molecule has 2 amide bonds. The predicted molar refractivity (Wildman–Crippen MR) is 80.5 cm³/mol. The number of halogens is 1. The third-order valence-corrected chi connectivity index (χ3v) is 3.74. The number of aryl methyl sites for hydroxylation is 1. The van der Waals surface area contributed by atoms with Gasteiger partial charge in [-0.25, -0.2) is 4.39 Å². The average Bonchev–Trinajstić information content (AvgIpc) is 2.81. The highest BCUT2D eigenvalue weighted by Gasteiger charge is 2.43. The van der Waals surface area contributed by atoms with E-state index in [0.717, 1.165) is 5.56 Å². The van der Waals surface area contributed by atoms with Crippen LogP contribution in [-0.2, 0) is 9.59 Å². The number of primary amides is 1. The number of carbonyl (C=O) groups excluding carboxylic acids is 2. The Hall–Kier alpha value is -2.15. The van der Waals surface area contributed by atoms with Gasteiger partial charge in [0.15, 0.2) is 0 Å². The van der Waals surface area contributed by atoms with E-state index in [1.165, 1.54) is 7.11 Å². The molecule has 1 atom stereocenters. The average molecular weight is 309 g/mol. The van der Waals surface area contributed by atoms with Crippen LogP contribution in [0.25, 0.3) is 0 Å². The van der Waals surface area contributed by atoms with Crippen LogP contribution in [0, 0.1) is 6.92 Å². The minimum Gasteiger partial charge on any atom is -0.495 e. The van der Waals surface area contributed by atoms with Crippen molar-refractivity contribution in [2.75, 3.05) is 32.1 Å². The fraction of sp³-hybridized carbons (Fsp3) is 0.467. The molecule has 1 saturated heterocycles. The zero-order valence-electron chi connectivity index (χ0n) is 12.7. The van der Waals surface area contributed by atoms with Gasteiger partial charge in [-0.15, -0.1) is 0 Å². The standard InChI is InChI=1S/C15H20FN3O3/c1-10-3-4-12(22-2)11(7-10)18-13(20)8-19-6-5-15(16,9-19)14(17)21/h3-4,7H,5-6,8-9H2,1-2H3,(H2,17,21)(H,18,20). The molecule has 1 aromatic rings. The molecular formula is C15H20FN3O3. The number of carbonyl (C=O) groups is 2. The van der Waals surface area contributed by atoms with E-state index < -0.39 is 11.6 Å². The van der Waals surface area contributed by atoms with Crippen LogP contribution in [0.2, 0.25) is 0 Å². The summed E-state index contributed by atoms with van der Waals surface area (Å²) < 4.78 is 19.3. The Morgan fingerprint density at radius 3 is 2.82 bits per heavy atom. The van der Waals surface area contributed by atoms with Crippen molar-refractivity contribution in [3.05, 3.63) is 23.8 Å². The number of nitrogens with two attached hydrogens (primary N) is 1. The molecule has 0 radical (unpaired) electrons. The first-order valence-electron chi connectivity index (χ1n) is 7.00. The van der Waals surface area contributed by atoms with Gasteiger partial charge in [0.1, 0.15) is 5.75 Å². The Kier molecular flexibility index (Phi) is 4.65. The first kappa shape index (κ1) is 16.2. The van der Waals surface area contributed by atoms with Crippen molar-refractivity contribution in [3.63, 3.8) is 0 Å². The molecule has 1 unspecified atom stereocenters. The Morgan fingerprint density at radius 2 is 2.23 bits per heavy atom. The maximum Gasteiger partial charge on any atom is 0.256 e. The number of hydrogen-bond acceptors (Lipinski definition) is 4. The number of nitrogens with one attached hydrogen (secondary N) is 1. The molecular weight excluding hydrogens is 289 g/mol. The van der Waals surface area contributed by atoms with Crippen molar-refractivity contribution >= 4 is 17.5 Å². The molecule has 1 aromatic carbocycles. The molecule has 2 rings (SSSR count). The summed E-state index contributed by atoms with van der Waals surface area (Å²) in [6, 6.07) is 5.43.